The second kappa shape index (κ2) is 6.96. The van der Waals surface area contributed by atoms with E-state index in [9.17, 15) is 10.2 Å². The second-order valence-corrected chi connectivity index (χ2v) is 6.73. The Bertz CT molecular complexity index is 1040. The van der Waals surface area contributed by atoms with Gasteiger partial charge in [-0.1, -0.05) is 60.1 Å². The van der Waals surface area contributed by atoms with Gasteiger partial charge < -0.3 is 14.8 Å². The van der Waals surface area contributed by atoms with Crippen LogP contribution in [0.5, 0.6) is 0 Å². The molecule has 0 radical (unpaired) electrons. The first-order chi connectivity index (χ1) is 12.6. The lowest BCUT2D eigenvalue weighted by molar-refractivity contribution is -0.0478. The molecular formula is C22H18ClNO2. The zero-order valence-electron chi connectivity index (χ0n) is 14.0. The number of aromatic nitrogens is 1. The molecule has 0 saturated heterocycles. The van der Waals surface area contributed by atoms with Gasteiger partial charge in [0.2, 0.25) is 0 Å². The Morgan fingerprint density at radius 3 is 2.19 bits per heavy atom. The molecule has 0 aliphatic carbocycles. The van der Waals surface area contributed by atoms with Gasteiger partial charge in [-0.2, -0.15) is 0 Å². The Morgan fingerprint density at radius 2 is 1.50 bits per heavy atom. The summed E-state index contributed by atoms with van der Waals surface area (Å²) in [6.07, 6.45) is -1.52. The molecule has 2 N–H and O–H groups in total. The highest BCUT2D eigenvalue weighted by atomic mass is 35.5. The summed E-state index contributed by atoms with van der Waals surface area (Å²) >= 11 is 5.97. The standard InChI is InChI=1S/C22H18ClNO2/c23-19-9-6-16(7-10-19)17-8-11-20-18(12-17)13-21(22(25)26)24(20)14-15-4-2-1-3-5-15/h1-13,22,25-26H,14H2. The summed E-state index contributed by atoms with van der Waals surface area (Å²) in [5, 5.41) is 21.3. The lowest BCUT2D eigenvalue weighted by atomic mass is 10.0. The molecule has 0 aliphatic rings. The third-order valence-corrected chi connectivity index (χ3v) is 4.81. The molecule has 130 valence electrons. The van der Waals surface area contributed by atoms with Crippen LogP contribution in [0.15, 0.2) is 78.9 Å². The lowest BCUT2D eigenvalue weighted by Crippen LogP contribution is -2.08. The maximum atomic E-state index is 9.82. The van der Waals surface area contributed by atoms with Crippen molar-refractivity contribution in [3.8, 4) is 11.1 Å². The fourth-order valence-corrected chi connectivity index (χ4v) is 3.40. The highest BCUT2D eigenvalue weighted by molar-refractivity contribution is 6.30. The van der Waals surface area contributed by atoms with E-state index in [2.05, 4.69) is 6.07 Å². The van der Waals surface area contributed by atoms with Crippen molar-refractivity contribution in [3.05, 3.63) is 95.1 Å². The Kier molecular flexibility index (Phi) is 4.51. The number of rotatable bonds is 4. The molecular weight excluding hydrogens is 346 g/mol. The minimum Gasteiger partial charge on any atom is -0.363 e. The summed E-state index contributed by atoms with van der Waals surface area (Å²) in [6.45, 7) is 0.581. The minimum atomic E-state index is -1.52. The van der Waals surface area contributed by atoms with Crippen molar-refractivity contribution < 1.29 is 10.2 Å². The predicted octanol–water partition coefficient (Wildman–Crippen LogP) is 4.99. The normalized spacial score (nSPS) is 11.4. The van der Waals surface area contributed by atoms with E-state index in [0.29, 0.717) is 17.3 Å². The summed E-state index contributed by atoms with van der Waals surface area (Å²) in [4.78, 5) is 0. The topological polar surface area (TPSA) is 45.4 Å². The van der Waals surface area contributed by atoms with Gasteiger partial charge in [0, 0.05) is 22.5 Å². The molecule has 0 fully saturated rings. The van der Waals surface area contributed by atoms with Crippen molar-refractivity contribution in [2.45, 2.75) is 12.8 Å². The van der Waals surface area contributed by atoms with Gasteiger partial charge >= 0.3 is 0 Å². The molecule has 0 amide bonds. The van der Waals surface area contributed by atoms with Crippen LogP contribution >= 0.6 is 11.6 Å². The number of fused-ring (bicyclic) bond motifs is 1. The molecule has 3 aromatic carbocycles. The molecule has 0 atom stereocenters. The Hall–Kier alpha value is -2.59. The van der Waals surface area contributed by atoms with Gasteiger partial charge in [0.1, 0.15) is 0 Å². The van der Waals surface area contributed by atoms with E-state index >= 15 is 0 Å². The largest absolute Gasteiger partial charge is 0.363 e. The van der Waals surface area contributed by atoms with Crippen molar-refractivity contribution in [2.24, 2.45) is 0 Å². The number of hydrogen-bond donors (Lipinski definition) is 2. The van der Waals surface area contributed by atoms with Crippen LogP contribution in [0.3, 0.4) is 0 Å². The maximum Gasteiger partial charge on any atom is 0.194 e. The Balaban J connectivity index is 1.81. The molecule has 0 bridgehead atoms. The molecule has 0 unspecified atom stereocenters. The SMILES string of the molecule is OC(O)c1cc2cc(-c3ccc(Cl)cc3)ccc2n1Cc1ccccc1. The van der Waals surface area contributed by atoms with Gasteiger partial charge in [-0.05, 0) is 47.0 Å². The van der Waals surface area contributed by atoms with Crippen molar-refractivity contribution in [1.29, 1.82) is 0 Å². The van der Waals surface area contributed by atoms with Crippen LogP contribution in [0.25, 0.3) is 22.0 Å². The second-order valence-electron chi connectivity index (χ2n) is 6.30. The van der Waals surface area contributed by atoms with Gasteiger partial charge in [-0.3, -0.25) is 0 Å². The molecule has 0 spiro atoms. The molecule has 0 aliphatic heterocycles. The number of aliphatic hydroxyl groups excluding tert-OH is 1. The summed E-state index contributed by atoms with van der Waals surface area (Å²) < 4.78 is 1.95. The monoisotopic (exact) mass is 363 g/mol. The van der Waals surface area contributed by atoms with E-state index in [1.165, 1.54) is 0 Å². The fraction of sp³-hybridized carbons (Fsp3) is 0.0909. The molecule has 4 aromatic rings. The molecule has 4 rings (SSSR count). The van der Waals surface area contributed by atoms with Crippen LogP contribution < -0.4 is 0 Å². The van der Waals surface area contributed by atoms with Crippen LogP contribution in [-0.2, 0) is 6.54 Å². The molecule has 26 heavy (non-hydrogen) atoms. The summed E-state index contributed by atoms with van der Waals surface area (Å²) in [7, 11) is 0. The van der Waals surface area contributed by atoms with Crippen LogP contribution in [0, 0.1) is 0 Å². The average Bonchev–Trinajstić information content (AvgIpc) is 3.01. The molecule has 4 heteroatoms. The van der Waals surface area contributed by atoms with Gasteiger partial charge in [0.15, 0.2) is 6.29 Å². The predicted molar refractivity (Wildman–Crippen MR) is 105 cm³/mol. The van der Waals surface area contributed by atoms with Gasteiger partial charge in [-0.15, -0.1) is 0 Å². The molecule has 3 nitrogen and oxygen atoms in total. The maximum absolute atomic E-state index is 9.82. The number of aliphatic hydroxyl groups is 2. The third-order valence-electron chi connectivity index (χ3n) is 4.56. The van der Waals surface area contributed by atoms with Gasteiger partial charge in [0.25, 0.3) is 0 Å². The van der Waals surface area contributed by atoms with Gasteiger partial charge in [-0.25, -0.2) is 0 Å². The quantitative estimate of drug-likeness (QED) is 0.501. The zero-order valence-corrected chi connectivity index (χ0v) is 14.8. The first-order valence-electron chi connectivity index (χ1n) is 8.41. The number of nitrogens with zero attached hydrogens (tertiary/aromatic N) is 1. The Morgan fingerprint density at radius 1 is 0.808 bits per heavy atom. The van der Waals surface area contributed by atoms with Crippen molar-refractivity contribution in [1.82, 2.24) is 4.57 Å². The average molecular weight is 364 g/mol. The smallest absolute Gasteiger partial charge is 0.194 e. The van der Waals surface area contributed by atoms with Crippen LogP contribution in [0.4, 0.5) is 0 Å². The minimum absolute atomic E-state index is 0.483. The summed E-state index contributed by atoms with van der Waals surface area (Å²) in [5.74, 6) is 0. The highest BCUT2D eigenvalue weighted by Gasteiger charge is 2.15. The molecule has 0 saturated carbocycles. The molecule has 1 heterocycles. The van der Waals surface area contributed by atoms with Crippen LogP contribution in [0.1, 0.15) is 17.5 Å². The summed E-state index contributed by atoms with van der Waals surface area (Å²) in [5.41, 5.74) is 4.68. The molecule has 1 aromatic heterocycles. The van der Waals surface area contributed by atoms with Crippen LogP contribution in [-0.4, -0.2) is 14.8 Å². The van der Waals surface area contributed by atoms with Crippen LogP contribution in [0.2, 0.25) is 5.02 Å². The van der Waals surface area contributed by atoms with E-state index < -0.39 is 6.29 Å². The first kappa shape index (κ1) is 16.9. The van der Waals surface area contributed by atoms with E-state index in [1.54, 1.807) is 0 Å². The van der Waals surface area contributed by atoms with Crippen molar-refractivity contribution in [2.75, 3.05) is 0 Å². The number of halogens is 1. The van der Waals surface area contributed by atoms with E-state index in [-0.39, 0.29) is 0 Å². The third kappa shape index (κ3) is 3.25. The summed E-state index contributed by atoms with van der Waals surface area (Å²) in [6, 6.07) is 25.6. The first-order valence-corrected chi connectivity index (χ1v) is 8.79. The fourth-order valence-electron chi connectivity index (χ4n) is 3.27. The van der Waals surface area contributed by atoms with E-state index in [0.717, 1.165) is 27.6 Å². The van der Waals surface area contributed by atoms with Crippen molar-refractivity contribution in [3.63, 3.8) is 0 Å². The zero-order chi connectivity index (χ0) is 18.1. The van der Waals surface area contributed by atoms with Crippen molar-refractivity contribution >= 4 is 22.5 Å². The van der Waals surface area contributed by atoms with E-state index in [1.807, 2.05) is 77.4 Å². The van der Waals surface area contributed by atoms with E-state index in [4.69, 9.17) is 11.6 Å². The van der Waals surface area contributed by atoms with Gasteiger partial charge in [0.05, 0.1) is 5.69 Å². The lowest BCUT2D eigenvalue weighted by Gasteiger charge is -2.12. The number of benzene rings is 3. The Labute approximate surface area is 156 Å². The number of hydrogen-bond acceptors (Lipinski definition) is 2. The highest BCUT2D eigenvalue weighted by Crippen LogP contribution is 2.30.